The highest BCUT2D eigenvalue weighted by Crippen LogP contribution is 2.16. The van der Waals surface area contributed by atoms with Gasteiger partial charge in [-0.3, -0.25) is 0 Å². The van der Waals surface area contributed by atoms with Gasteiger partial charge in [0, 0.05) is 24.0 Å². The number of rotatable bonds is 2. The number of imidazole rings is 1. The molecule has 0 saturated carbocycles. The fourth-order valence-electron chi connectivity index (χ4n) is 1.42. The van der Waals surface area contributed by atoms with E-state index in [0.717, 1.165) is 11.3 Å². The molecule has 3 heteroatoms. The Balaban J connectivity index is 2.51. The van der Waals surface area contributed by atoms with Gasteiger partial charge in [-0.25, -0.2) is 4.98 Å². The topological polar surface area (TPSA) is 17.8 Å². The predicted molar refractivity (Wildman–Crippen MR) is 57.9 cm³/mol. The number of aryl methyl sites for hydroxylation is 1. The molecule has 0 bridgehead atoms. The van der Waals surface area contributed by atoms with Gasteiger partial charge in [0.25, 0.3) is 0 Å². The Morgan fingerprint density at radius 3 is 2.93 bits per heavy atom. The predicted octanol–water partition coefficient (Wildman–Crippen LogP) is 2.92. The molecular weight excluding hydrogens is 196 g/mol. The van der Waals surface area contributed by atoms with E-state index < -0.39 is 0 Å². The SMILES string of the molecule is Cc1ccc(CCl)cc1-n1ccnc1. The molecule has 0 fully saturated rings. The van der Waals surface area contributed by atoms with Gasteiger partial charge in [0.15, 0.2) is 0 Å². The van der Waals surface area contributed by atoms with Gasteiger partial charge in [-0.15, -0.1) is 11.6 Å². The first-order chi connectivity index (χ1) is 6.81. The summed E-state index contributed by atoms with van der Waals surface area (Å²) in [5.41, 5.74) is 3.48. The van der Waals surface area contributed by atoms with E-state index in [1.54, 1.807) is 12.5 Å². The van der Waals surface area contributed by atoms with E-state index in [4.69, 9.17) is 11.6 Å². The van der Waals surface area contributed by atoms with Crippen LogP contribution in [0, 0.1) is 6.92 Å². The largest absolute Gasteiger partial charge is 0.306 e. The van der Waals surface area contributed by atoms with Crippen LogP contribution in [0.2, 0.25) is 0 Å². The minimum absolute atomic E-state index is 0.544. The molecule has 0 aliphatic rings. The highest BCUT2D eigenvalue weighted by Gasteiger charge is 2.01. The van der Waals surface area contributed by atoms with Crippen molar-refractivity contribution in [1.29, 1.82) is 0 Å². The summed E-state index contributed by atoms with van der Waals surface area (Å²) in [4.78, 5) is 4.03. The second-order valence-corrected chi connectivity index (χ2v) is 3.49. The van der Waals surface area contributed by atoms with Crippen molar-refractivity contribution in [3.05, 3.63) is 48.0 Å². The van der Waals surface area contributed by atoms with E-state index in [1.807, 2.05) is 16.8 Å². The fraction of sp³-hybridized carbons (Fsp3) is 0.182. The average molecular weight is 207 g/mol. The van der Waals surface area contributed by atoms with E-state index in [9.17, 15) is 0 Å². The molecule has 72 valence electrons. The van der Waals surface area contributed by atoms with Crippen LogP contribution < -0.4 is 0 Å². The van der Waals surface area contributed by atoms with Gasteiger partial charge in [-0.2, -0.15) is 0 Å². The molecule has 1 heterocycles. The molecule has 0 saturated heterocycles. The van der Waals surface area contributed by atoms with Crippen LogP contribution >= 0.6 is 11.6 Å². The van der Waals surface area contributed by atoms with Gasteiger partial charge in [-0.05, 0) is 24.1 Å². The summed E-state index contributed by atoms with van der Waals surface area (Å²) < 4.78 is 1.99. The van der Waals surface area contributed by atoms with Crippen molar-refractivity contribution < 1.29 is 0 Å². The number of hydrogen-bond acceptors (Lipinski definition) is 1. The molecule has 0 radical (unpaired) electrons. The molecule has 0 aliphatic heterocycles. The second-order valence-electron chi connectivity index (χ2n) is 3.22. The number of alkyl halides is 1. The zero-order valence-electron chi connectivity index (χ0n) is 7.94. The van der Waals surface area contributed by atoms with E-state index in [1.165, 1.54) is 5.56 Å². The summed E-state index contributed by atoms with van der Waals surface area (Å²) in [7, 11) is 0. The van der Waals surface area contributed by atoms with Gasteiger partial charge < -0.3 is 4.57 Å². The van der Waals surface area contributed by atoms with E-state index >= 15 is 0 Å². The Morgan fingerprint density at radius 2 is 2.29 bits per heavy atom. The number of aromatic nitrogens is 2. The highest BCUT2D eigenvalue weighted by molar-refractivity contribution is 6.17. The van der Waals surface area contributed by atoms with Crippen molar-refractivity contribution >= 4 is 11.6 Å². The molecule has 0 spiro atoms. The van der Waals surface area contributed by atoms with Crippen LogP contribution in [0.1, 0.15) is 11.1 Å². The zero-order chi connectivity index (χ0) is 9.97. The van der Waals surface area contributed by atoms with Crippen molar-refractivity contribution in [2.45, 2.75) is 12.8 Å². The fourth-order valence-corrected chi connectivity index (χ4v) is 1.58. The Hall–Kier alpha value is -1.28. The summed E-state index contributed by atoms with van der Waals surface area (Å²) >= 11 is 5.79. The summed E-state index contributed by atoms with van der Waals surface area (Å²) in [5.74, 6) is 0.544. The number of benzene rings is 1. The smallest absolute Gasteiger partial charge is 0.0991 e. The maximum atomic E-state index is 5.79. The molecule has 1 aromatic heterocycles. The normalized spacial score (nSPS) is 10.4. The van der Waals surface area contributed by atoms with Gasteiger partial charge in [-0.1, -0.05) is 12.1 Å². The van der Waals surface area contributed by atoms with Gasteiger partial charge >= 0.3 is 0 Å². The van der Waals surface area contributed by atoms with Gasteiger partial charge in [0.05, 0.1) is 6.33 Å². The molecule has 0 unspecified atom stereocenters. The first-order valence-electron chi connectivity index (χ1n) is 4.45. The van der Waals surface area contributed by atoms with Crippen LogP contribution in [-0.2, 0) is 5.88 Å². The molecule has 2 nitrogen and oxygen atoms in total. The lowest BCUT2D eigenvalue weighted by Crippen LogP contribution is -1.94. The Labute approximate surface area is 88.2 Å². The molecule has 0 N–H and O–H groups in total. The van der Waals surface area contributed by atoms with Gasteiger partial charge in [0.2, 0.25) is 0 Å². The second kappa shape index (κ2) is 3.84. The van der Waals surface area contributed by atoms with Crippen molar-refractivity contribution in [2.75, 3.05) is 0 Å². The molecule has 14 heavy (non-hydrogen) atoms. The third-order valence-electron chi connectivity index (χ3n) is 2.21. The van der Waals surface area contributed by atoms with Crippen LogP contribution in [0.25, 0.3) is 5.69 Å². The van der Waals surface area contributed by atoms with Crippen molar-refractivity contribution in [3.8, 4) is 5.69 Å². The first kappa shape index (κ1) is 9.28. The van der Waals surface area contributed by atoms with Crippen LogP contribution in [-0.4, -0.2) is 9.55 Å². The molecule has 0 aliphatic carbocycles. The molecule has 0 atom stereocenters. The number of hydrogen-bond donors (Lipinski definition) is 0. The van der Waals surface area contributed by atoms with Crippen molar-refractivity contribution in [1.82, 2.24) is 9.55 Å². The Kier molecular flexibility index (Phi) is 2.55. The Morgan fingerprint density at radius 1 is 1.43 bits per heavy atom. The minimum Gasteiger partial charge on any atom is -0.306 e. The van der Waals surface area contributed by atoms with E-state index in [0.29, 0.717) is 5.88 Å². The standard InChI is InChI=1S/C11H11ClN2/c1-9-2-3-10(7-12)6-11(9)14-5-4-13-8-14/h2-6,8H,7H2,1H3. The van der Waals surface area contributed by atoms with Crippen LogP contribution in [0.15, 0.2) is 36.9 Å². The molecule has 2 aromatic rings. The maximum Gasteiger partial charge on any atom is 0.0991 e. The molecule has 2 rings (SSSR count). The lowest BCUT2D eigenvalue weighted by Gasteiger charge is -2.07. The molecule has 0 amide bonds. The van der Waals surface area contributed by atoms with E-state index in [-0.39, 0.29) is 0 Å². The average Bonchev–Trinajstić information content (AvgIpc) is 2.71. The molecule has 1 aromatic carbocycles. The summed E-state index contributed by atoms with van der Waals surface area (Å²) in [5, 5.41) is 0. The van der Waals surface area contributed by atoms with Gasteiger partial charge in [0.1, 0.15) is 0 Å². The minimum atomic E-state index is 0.544. The number of halogens is 1. The van der Waals surface area contributed by atoms with Crippen LogP contribution in [0.5, 0.6) is 0 Å². The first-order valence-corrected chi connectivity index (χ1v) is 4.98. The lowest BCUT2D eigenvalue weighted by molar-refractivity contribution is 1.03. The number of nitrogens with zero attached hydrogens (tertiary/aromatic N) is 2. The highest BCUT2D eigenvalue weighted by atomic mass is 35.5. The third kappa shape index (κ3) is 1.66. The van der Waals surface area contributed by atoms with Crippen LogP contribution in [0.4, 0.5) is 0 Å². The van der Waals surface area contributed by atoms with E-state index in [2.05, 4.69) is 24.0 Å². The summed E-state index contributed by atoms with van der Waals surface area (Å²) in [6, 6.07) is 6.21. The molecular formula is C11H11ClN2. The maximum absolute atomic E-state index is 5.79. The lowest BCUT2D eigenvalue weighted by atomic mass is 10.1. The van der Waals surface area contributed by atoms with Crippen molar-refractivity contribution in [3.63, 3.8) is 0 Å². The summed E-state index contributed by atoms with van der Waals surface area (Å²) in [6.07, 6.45) is 5.49. The summed E-state index contributed by atoms with van der Waals surface area (Å²) in [6.45, 7) is 2.08. The monoisotopic (exact) mass is 206 g/mol. The van der Waals surface area contributed by atoms with Crippen LogP contribution in [0.3, 0.4) is 0 Å². The third-order valence-corrected chi connectivity index (χ3v) is 2.52. The Bertz CT molecular complexity index is 421. The quantitative estimate of drug-likeness (QED) is 0.691. The zero-order valence-corrected chi connectivity index (χ0v) is 8.70. The van der Waals surface area contributed by atoms with Crippen molar-refractivity contribution in [2.24, 2.45) is 0 Å².